The summed E-state index contributed by atoms with van der Waals surface area (Å²) in [5.41, 5.74) is 2.26. The lowest BCUT2D eigenvalue weighted by Crippen LogP contribution is -2.15. The van der Waals surface area contributed by atoms with Gasteiger partial charge < -0.3 is 19.5 Å². The van der Waals surface area contributed by atoms with E-state index in [4.69, 9.17) is 19.2 Å². The van der Waals surface area contributed by atoms with E-state index in [-0.39, 0.29) is 11.8 Å². The highest BCUT2D eigenvalue weighted by Crippen LogP contribution is 2.35. The van der Waals surface area contributed by atoms with E-state index < -0.39 is 0 Å². The largest absolute Gasteiger partial charge is 0.493 e. The third-order valence-electron chi connectivity index (χ3n) is 4.92. The zero-order valence-electron chi connectivity index (χ0n) is 16.6. The Morgan fingerprint density at radius 1 is 1.24 bits per heavy atom. The van der Waals surface area contributed by atoms with Gasteiger partial charge in [-0.15, -0.1) is 0 Å². The minimum absolute atomic E-state index is 0.00156. The van der Waals surface area contributed by atoms with Crippen molar-refractivity contribution in [1.82, 2.24) is 20.1 Å². The normalized spacial score (nSPS) is 16.0. The van der Waals surface area contributed by atoms with Crippen LogP contribution in [0.15, 0.2) is 42.8 Å². The molecule has 0 radical (unpaired) electrons. The molecule has 0 unspecified atom stereocenters. The Hall–Kier alpha value is -3.55. The van der Waals surface area contributed by atoms with Gasteiger partial charge in [0, 0.05) is 37.7 Å². The highest BCUT2D eigenvalue weighted by molar-refractivity contribution is 5.87. The van der Waals surface area contributed by atoms with Crippen LogP contribution in [0.5, 0.6) is 17.4 Å². The second-order valence-corrected chi connectivity index (χ2v) is 6.89. The van der Waals surface area contributed by atoms with E-state index in [1.54, 1.807) is 18.9 Å². The van der Waals surface area contributed by atoms with Gasteiger partial charge in [0.15, 0.2) is 11.5 Å². The Morgan fingerprint density at radius 2 is 2.03 bits per heavy atom. The third kappa shape index (κ3) is 3.61. The topological polar surface area (TPSA) is 87.5 Å². The molecular weight excluding hydrogens is 372 g/mol. The van der Waals surface area contributed by atoms with E-state index in [9.17, 15) is 4.79 Å². The molecule has 8 heteroatoms. The molecule has 1 aliphatic rings. The van der Waals surface area contributed by atoms with Crippen molar-refractivity contribution in [3.05, 3.63) is 42.8 Å². The van der Waals surface area contributed by atoms with E-state index in [0.29, 0.717) is 41.8 Å². The van der Waals surface area contributed by atoms with Crippen molar-refractivity contribution < 1.29 is 19.0 Å². The zero-order chi connectivity index (χ0) is 20.5. The van der Waals surface area contributed by atoms with E-state index in [2.05, 4.69) is 17.0 Å². The molecule has 4 rings (SSSR count). The second-order valence-electron chi connectivity index (χ2n) is 6.89. The monoisotopic (exact) mass is 394 g/mol. The fourth-order valence-corrected chi connectivity index (χ4v) is 3.37. The van der Waals surface area contributed by atoms with E-state index >= 15 is 0 Å². The number of carbonyl (C=O) groups excluding carboxylic acids is 1. The van der Waals surface area contributed by atoms with Crippen LogP contribution in [0.25, 0.3) is 22.2 Å². The van der Waals surface area contributed by atoms with Crippen LogP contribution < -0.4 is 19.5 Å². The van der Waals surface area contributed by atoms with Gasteiger partial charge in [0.05, 0.1) is 30.8 Å². The molecule has 0 aliphatic carbocycles. The number of methoxy groups -OCH3 is 2. The van der Waals surface area contributed by atoms with Crippen LogP contribution >= 0.6 is 0 Å². The average molecular weight is 394 g/mol. The Kier molecular flexibility index (Phi) is 4.84. The molecule has 2 aromatic heterocycles. The summed E-state index contributed by atoms with van der Waals surface area (Å²) in [5.74, 6) is 2.07. The first kappa shape index (κ1) is 18.8. The summed E-state index contributed by atoms with van der Waals surface area (Å²) in [6.45, 7) is 4.53. The van der Waals surface area contributed by atoms with Gasteiger partial charge >= 0.3 is 0 Å². The molecule has 8 nitrogen and oxygen atoms in total. The number of rotatable bonds is 6. The summed E-state index contributed by atoms with van der Waals surface area (Å²) in [6.07, 6.45) is 2.21. The minimum atomic E-state index is -0.0826. The summed E-state index contributed by atoms with van der Waals surface area (Å²) < 4.78 is 18.5. The first-order valence-corrected chi connectivity index (χ1v) is 9.18. The molecule has 3 heterocycles. The molecular formula is C21H22N4O4. The predicted octanol–water partition coefficient (Wildman–Crippen LogP) is 2.68. The summed E-state index contributed by atoms with van der Waals surface area (Å²) in [4.78, 5) is 16.2. The standard InChI is InChI=1S/C21H22N4O4/c1-12(14-8-20(26)22-10-14)29-21-15-11-25(2)24-17(15)9-16(23-21)13-5-6-18(27-3)19(7-13)28-4/h5-7,9,11,14H,1,8,10H2,2-4H3,(H,22,26)/t14-/m1/s1. The average Bonchev–Trinajstić information content (AvgIpc) is 3.32. The lowest BCUT2D eigenvalue weighted by molar-refractivity contribution is -0.119. The van der Waals surface area contributed by atoms with Crippen molar-refractivity contribution in [2.75, 3.05) is 20.8 Å². The van der Waals surface area contributed by atoms with Crippen LogP contribution in [0.1, 0.15) is 6.42 Å². The number of hydrogen-bond donors (Lipinski definition) is 1. The van der Waals surface area contributed by atoms with Crippen LogP contribution in [-0.4, -0.2) is 41.4 Å². The van der Waals surface area contributed by atoms with Gasteiger partial charge in [-0.1, -0.05) is 6.58 Å². The number of fused-ring (bicyclic) bond motifs is 1. The van der Waals surface area contributed by atoms with Crippen LogP contribution in [0.2, 0.25) is 0 Å². The highest BCUT2D eigenvalue weighted by Gasteiger charge is 2.26. The summed E-state index contributed by atoms with van der Waals surface area (Å²) in [6, 6.07) is 7.48. The predicted molar refractivity (Wildman–Crippen MR) is 108 cm³/mol. The number of aryl methyl sites for hydroxylation is 1. The van der Waals surface area contributed by atoms with Gasteiger partial charge in [-0.25, -0.2) is 4.98 Å². The number of pyridine rings is 1. The molecule has 0 saturated carbocycles. The molecule has 1 amide bonds. The van der Waals surface area contributed by atoms with Gasteiger partial charge in [0.2, 0.25) is 11.8 Å². The molecule has 150 valence electrons. The summed E-state index contributed by atoms with van der Waals surface area (Å²) >= 11 is 0. The van der Waals surface area contributed by atoms with Crippen molar-refractivity contribution in [3.8, 4) is 28.6 Å². The van der Waals surface area contributed by atoms with E-state index in [0.717, 1.165) is 16.5 Å². The lowest BCUT2D eigenvalue weighted by atomic mass is 10.1. The maximum Gasteiger partial charge on any atom is 0.230 e. The van der Waals surface area contributed by atoms with Gasteiger partial charge in [0.1, 0.15) is 5.76 Å². The molecule has 3 aromatic rings. The molecule has 0 spiro atoms. The number of hydrogen-bond acceptors (Lipinski definition) is 6. The van der Waals surface area contributed by atoms with Gasteiger partial charge in [-0.05, 0) is 24.3 Å². The molecule has 1 aromatic carbocycles. The van der Waals surface area contributed by atoms with Crippen molar-refractivity contribution in [2.45, 2.75) is 6.42 Å². The molecule has 1 atom stereocenters. The van der Waals surface area contributed by atoms with Crippen molar-refractivity contribution in [3.63, 3.8) is 0 Å². The number of carbonyl (C=O) groups is 1. The molecule has 1 N–H and O–H groups in total. The molecule has 1 aliphatic heterocycles. The first-order chi connectivity index (χ1) is 14.0. The zero-order valence-corrected chi connectivity index (χ0v) is 16.6. The van der Waals surface area contributed by atoms with Crippen LogP contribution in [0, 0.1) is 5.92 Å². The molecule has 1 fully saturated rings. The molecule has 1 saturated heterocycles. The van der Waals surface area contributed by atoms with Crippen LogP contribution in [0.3, 0.4) is 0 Å². The van der Waals surface area contributed by atoms with Gasteiger partial charge in [-0.2, -0.15) is 5.10 Å². The molecule has 29 heavy (non-hydrogen) atoms. The highest BCUT2D eigenvalue weighted by atomic mass is 16.5. The number of aromatic nitrogens is 3. The van der Waals surface area contributed by atoms with Crippen molar-refractivity contribution in [1.29, 1.82) is 0 Å². The van der Waals surface area contributed by atoms with Crippen molar-refractivity contribution >= 4 is 16.8 Å². The second kappa shape index (κ2) is 7.46. The fourth-order valence-electron chi connectivity index (χ4n) is 3.37. The van der Waals surface area contributed by atoms with Crippen LogP contribution in [-0.2, 0) is 11.8 Å². The summed E-state index contributed by atoms with van der Waals surface area (Å²) in [7, 11) is 5.02. The smallest absolute Gasteiger partial charge is 0.230 e. The van der Waals surface area contributed by atoms with Crippen LogP contribution in [0.4, 0.5) is 0 Å². The Labute approximate surface area is 168 Å². The quantitative estimate of drug-likeness (QED) is 0.647. The van der Waals surface area contributed by atoms with E-state index in [1.165, 1.54) is 0 Å². The Bertz CT molecular complexity index is 1110. The number of amides is 1. The van der Waals surface area contributed by atoms with E-state index in [1.807, 2.05) is 37.5 Å². The number of benzene rings is 1. The Morgan fingerprint density at radius 3 is 2.72 bits per heavy atom. The Balaban J connectivity index is 1.74. The van der Waals surface area contributed by atoms with Gasteiger partial charge in [0.25, 0.3) is 0 Å². The lowest BCUT2D eigenvalue weighted by Gasteiger charge is -2.14. The SMILES string of the molecule is C=C(Oc1nc(-c2ccc(OC)c(OC)c2)cc2nn(C)cc12)[C@H]1CNC(=O)C1. The van der Waals surface area contributed by atoms with Crippen molar-refractivity contribution in [2.24, 2.45) is 13.0 Å². The fraction of sp³-hybridized carbons (Fsp3) is 0.286. The molecule has 0 bridgehead atoms. The maximum atomic E-state index is 11.5. The number of nitrogens with one attached hydrogen (secondary N) is 1. The number of nitrogens with zero attached hydrogens (tertiary/aromatic N) is 3. The number of ether oxygens (including phenoxy) is 3. The first-order valence-electron chi connectivity index (χ1n) is 9.18. The van der Waals surface area contributed by atoms with Gasteiger partial charge in [-0.3, -0.25) is 9.48 Å². The third-order valence-corrected chi connectivity index (χ3v) is 4.92. The summed E-state index contributed by atoms with van der Waals surface area (Å²) in [5, 5.41) is 8.07. The minimum Gasteiger partial charge on any atom is -0.493 e. The maximum absolute atomic E-state index is 11.5.